The molecule has 2 atom stereocenters. The molecule has 122 valence electrons. The molecule has 1 amide bonds. The number of morpholine rings is 1. The summed E-state index contributed by atoms with van der Waals surface area (Å²) in [5.41, 5.74) is 0.675. The van der Waals surface area contributed by atoms with Crippen molar-refractivity contribution in [3.63, 3.8) is 0 Å². The highest BCUT2D eigenvalue weighted by molar-refractivity contribution is 7.22. The van der Waals surface area contributed by atoms with Crippen LogP contribution in [0.1, 0.15) is 22.3 Å². The molecule has 1 saturated heterocycles. The maximum atomic E-state index is 12.8. The molecular weight excluding hydrogens is 336 g/mol. The molecule has 0 spiro atoms. The van der Waals surface area contributed by atoms with E-state index in [1.54, 1.807) is 30.1 Å². The topological polar surface area (TPSA) is 79.7 Å². The van der Waals surface area contributed by atoms with Crippen LogP contribution in [-0.2, 0) is 9.53 Å². The highest BCUT2D eigenvalue weighted by atomic mass is 32.1. The summed E-state index contributed by atoms with van der Waals surface area (Å²) in [6.07, 6.45) is -1.29. The molecule has 8 heteroatoms. The minimum absolute atomic E-state index is 0.0597. The van der Waals surface area contributed by atoms with Crippen LogP contribution in [0.2, 0.25) is 0 Å². The third kappa shape index (κ3) is 3.29. The van der Waals surface area contributed by atoms with Gasteiger partial charge in [-0.15, -0.1) is 22.7 Å². The van der Waals surface area contributed by atoms with Gasteiger partial charge in [0.1, 0.15) is 9.88 Å². The van der Waals surface area contributed by atoms with E-state index in [-0.39, 0.29) is 18.6 Å². The lowest BCUT2D eigenvalue weighted by Gasteiger charge is -2.34. The summed E-state index contributed by atoms with van der Waals surface area (Å²) in [5, 5.41) is 11.9. The Morgan fingerprint density at radius 2 is 2.22 bits per heavy atom. The van der Waals surface area contributed by atoms with Crippen LogP contribution >= 0.6 is 22.7 Å². The highest BCUT2D eigenvalue weighted by Crippen LogP contribution is 2.32. The zero-order valence-corrected chi connectivity index (χ0v) is 14.3. The number of aliphatic carboxylic acids is 1. The number of carboxylic acid groups (broad SMARTS) is 1. The normalized spacial score (nSPS) is 21.4. The third-order valence-electron chi connectivity index (χ3n) is 3.55. The van der Waals surface area contributed by atoms with Crippen molar-refractivity contribution in [2.75, 3.05) is 13.1 Å². The van der Waals surface area contributed by atoms with Crippen molar-refractivity contribution in [3.8, 4) is 9.88 Å². The number of nitrogens with zero attached hydrogens (tertiary/aromatic N) is 2. The molecule has 1 fully saturated rings. The van der Waals surface area contributed by atoms with Crippen molar-refractivity contribution in [1.82, 2.24) is 9.88 Å². The summed E-state index contributed by atoms with van der Waals surface area (Å²) in [7, 11) is 0. The number of amides is 1. The summed E-state index contributed by atoms with van der Waals surface area (Å²) >= 11 is 2.93. The third-order valence-corrected chi connectivity index (χ3v) is 5.73. The van der Waals surface area contributed by atoms with Crippen molar-refractivity contribution >= 4 is 34.6 Å². The molecule has 3 heterocycles. The van der Waals surface area contributed by atoms with Crippen LogP contribution < -0.4 is 0 Å². The van der Waals surface area contributed by atoms with Crippen LogP contribution in [0.4, 0.5) is 0 Å². The smallest absolute Gasteiger partial charge is 0.334 e. The van der Waals surface area contributed by atoms with Gasteiger partial charge in [0, 0.05) is 6.54 Å². The van der Waals surface area contributed by atoms with Crippen LogP contribution in [0.15, 0.2) is 17.5 Å². The van der Waals surface area contributed by atoms with Crippen molar-refractivity contribution in [1.29, 1.82) is 0 Å². The Morgan fingerprint density at radius 3 is 2.87 bits per heavy atom. The maximum Gasteiger partial charge on any atom is 0.334 e. The first-order chi connectivity index (χ1) is 11.0. The van der Waals surface area contributed by atoms with E-state index in [1.165, 1.54) is 11.3 Å². The van der Waals surface area contributed by atoms with Crippen LogP contribution in [0, 0.1) is 6.92 Å². The zero-order chi connectivity index (χ0) is 16.6. The van der Waals surface area contributed by atoms with Gasteiger partial charge in [0.05, 0.1) is 23.2 Å². The second-order valence-electron chi connectivity index (χ2n) is 5.39. The Bertz CT molecular complexity index is 726. The Balaban J connectivity index is 1.84. The minimum atomic E-state index is -1.05. The predicted octanol–water partition coefficient (Wildman–Crippen LogP) is 2.49. The van der Waals surface area contributed by atoms with Crippen molar-refractivity contribution in [3.05, 3.63) is 28.1 Å². The monoisotopic (exact) mass is 352 g/mol. The molecule has 1 unspecified atom stereocenters. The maximum absolute atomic E-state index is 12.8. The summed E-state index contributed by atoms with van der Waals surface area (Å²) < 4.78 is 5.35. The number of thiazole rings is 1. The first-order valence-electron chi connectivity index (χ1n) is 7.14. The molecule has 0 aromatic carbocycles. The fraction of sp³-hybridized carbons (Fsp3) is 0.400. The van der Waals surface area contributed by atoms with Gasteiger partial charge in [-0.2, -0.15) is 0 Å². The lowest BCUT2D eigenvalue weighted by molar-refractivity contribution is -0.160. The number of thiophene rings is 1. The molecule has 2 aromatic rings. The number of carbonyl (C=O) groups excluding carboxylic acids is 1. The fourth-order valence-electron chi connectivity index (χ4n) is 2.50. The SMILES string of the molecule is Cc1nc(-c2cccs2)sc1C(=O)N1CC(C(=O)O)O[C@H](C)C1. The number of carbonyl (C=O) groups is 2. The summed E-state index contributed by atoms with van der Waals surface area (Å²) in [6.45, 7) is 4.02. The Hall–Kier alpha value is -1.77. The lowest BCUT2D eigenvalue weighted by atomic mass is 10.2. The van der Waals surface area contributed by atoms with E-state index in [9.17, 15) is 9.59 Å². The molecule has 0 bridgehead atoms. The Labute approximate surface area is 141 Å². The molecule has 1 aliphatic rings. The first-order valence-corrected chi connectivity index (χ1v) is 8.84. The van der Waals surface area contributed by atoms with E-state index in [1.807, 2.05) is 17.5 Å². The van der Waals surface area contributed by atoms with Gasteiger partial charge in [0.25, 0.3) is 5.91 Å². The summed E-state index contributed by atoms with van der Waals surface area (Å²) in [5.74, 6) is -1.22. The molecule has 23 heavy (non-hydrogen) atoms. The quantitative estimate of drug-likeness (QED) is 0.918. The van der Waals surface area contributed by atoms with E-state index in [2.05, 4.69) is 4.98 Å². The molecule has 1 N–H and O–H groups in total. The van der Waals surface area contributed by atoms with E-state index >= 15 is 0 Å². The average molecular weight is 352 g/mol. The average Bonchev–Trinajstić information content (AvgIpc) is 3.15. The highest BCUT2D eigenvalue weighted by Gasteiger charge is 2.34. The number of aryl methyl sites for hydroxylation is 1. The second kappa shape index (κ2) is 6.38. The summed E-state index contributed by atoms with van der Waals surface area (Å²) in [6, 6.07) is 3.91. The fourth-order valence-corrected chi connectivity index (χ4v) is 4.33. The second-order valence-corrected chi connectivity index (χ2v) is 7.34. The van der Waals surface area contributed by atoms with Crippen molar-refractivity contribution in [2.24, 2.45) is 0 Å². The zero-order valence-electron chi connectivity index (χ0n) is 12.7. The number of ether oxygens (including phenoxy) is 1. The van der Waals surface area contributed by atoms with Crippen LogP contribution in [0.3, 0.4) is 0 Å². The van der Waals surface area contributed by atoms with Crippen molar-refractivity contribution < 1.29 is 19.4 Å². The van der Waals surface area contributed by atoms with Gasteiger partial charge in [0.2, 0.25) is 0 Å². The summed E-state index contributed by atoms with van der Waals surface area (Å²) in [4.78, 5) is 31.5. The van der Waals surface area contributed by atoms with E-state index in [0.29, 0.717) is 17.1 Å². The van der Waals surface area contributed by atoms with Crippen LogP contribution in [0.5, 0.6) is 0 Å². The van der Waals surface area contributed by atoms with Gasteiger partial charge in [-0.1, -0.05) is 6.07 Å². The van der Waals surface area contributed by atoms with Gasteiger partial charge in [-0.3, -0.25) is 4.79 Å². The van der Waals surface area contributed by atoms with Crippen LogP contribution in [0.25, 0.3) is 9.88 Å². The molecule has 6 nitrogen and oxygen atoms in total. The molecule has 1 aliphatic heterocycles. The molecular formula is C15H16N2O4S2. The Kier molecular flexibility index (Phi) is 4.47. The predicted molar refractivity (Wildman–Crippen MR) is 88.0 cm³/mol. The molecule has 0 aliphatic carbocycles. The van der Waals surface area contributed by atoms with E-state index in [0.717, 1.165) is 9.88 Å². The van der Waals surface area contributed by atoms with E-state index in [4.69, 9.17) is 9.84 Å². The van der Waals surface area contributed by atoms with Crippen molar-refractivity contribution in [2.45, 2.75) is 26.1 Å². The first kappa shape index (κ1) is 16.1. The van der Waals surface area contributed by atoms with Gasteiger partial charge < -0.3 is 14.7 Å². The van der Waals surface area contributed by atoms with E-state index < -0.39 is 12.1 Å². The number of carboxylic acids is 1. The Morgan fingerprint density at radius 1 is 1.43 bits per heavy atom. The van der Waals surface area contributed by atoms with Crippen LogP contribution in [-0.4, -0.2) is 52.2 Å². The minimum Gasteiger partial charge on any atom is -0.479 e. The van der Waals surface area contributed by atoms with Gasteiger partial charge in [-0.25, -0.2) is 9.78 Å². The number of rotatable bonds is 3. The molecule has 0 radical (unpaired) electrons. The molecule has 0 saturated carbocycles. The standard InChI is InChI=1S/C15H16N2O4S2/c1-8-6-17(7-10(21-8)15(19)20)14(18)12-9(2)16-13(23-12)11-4-3-5-22-11/h3-5,8,10H,6-7H2,1-2H3,(H,19,20)/t8-,10?/m1/s1. The number of aromatic nitrogens is 1. The largest absolute Gasteiger partial charge is 0.479 e. The van der Waals surface area contributed by atoms with Gasteiger partial charge >= 0.3 is 5.97 Å². The van der Waals surface area contributed by atoms with Gasteiger partial charge in [0.15, 0.2) is 6.10 Å². The van der Waals surface area contributed by atoms with Gasteiger partial charge in [-0.05, 0) is 25.3 Å². The number of hydrogen-bond donors (Lipinski definition) is 1. The number of hydrogen-bond acceptors (Lipinski definition) is 6. The molecule has 3 rings (SSSR count). The lowest BCUT2D eigenvalue weighted by Crippen LogP contribution is -2.51. The molecule has 2 aromatic heterocycles.